The number of rotatable bonds is 5. The number of aryl methyl sites for hydroxylation is 1. The first-order valence-corrected chi connectivity index (χ1v) is 6.70. The molecular weight excluding hydrogens is 290 g/mol. The molecule has 11 heteroatoms. The lowest BCUT2D eigenvalue weighted by Gasteiger charge is -2.01. The van der Waals surface area contributed by atoms with E-state index in [0.29, 0.717) is 0 Å². The normalized spacial score (nSPS) is 11.3. The second-order valence-electron chi connectivity index (χ2n) is 3.75. The number of carbonyl (C=O) groups is 1. The van der Waals surface area contributed by atoms with Crippen LogP contribution in [0.5, 0.6) is 6.01 Å². The van der Waals surface area contributed by atoms with E-state index >= 15 is 0 Å². The summed E-state index contributed by atoms with van der Waals surface area (Å²) in [4.78, 5) is 14.4. The van der Waals surface area contributed by atoms with Gasteiger partial charge in [0.25, 0.3) is 10.0 Å². The number of aromatic nitrogens is 4. The van der Waals surface area contributed by atoms with Crippen LogP contribution < -0.4 is 9.46 Å². The van der Waals surface area contributed by atoms with Crippen molar-refractivity contribution in [1.29, 1.82) is 0 Å². The number of hydrogen-bond donors (Lipinski definition) is 3. The van der Waals surface area contributed by atoms with Crippen LogP contribution in [0.25, 0.3) is 0 Å². The molecule has 0 unspecified atom stereocenters. The van der Waals surface area contributed by atoms with Gasteiger partial charge in [-0.05, 0) is 6.07 Å². The van der Waals surface area contributed by atoms with Crippen LogP contribution in [0.15, 0.2) is 17.2 Å². The SMILES string of the molecule is COc1n[nH]c(NS(=O)(=O)c2cc(C(=O)O)n(C)c2)n1. The lowest BCUT2D eigenvalue weighted by Crippen LogP contribution is -2.13. The highest BCUT2D eigenvalue weighted by Gasteiger charge is 2.21. The van der Waals surface area contributed by atoms with Crippen LogP contribution in [0.4, 0.5) is 5.95 Å². The van der Waals surface area contributed by atoms with E-state index in [0.717, 1.165) is 6.07 Å². The molecule has 0 aliphatic carbocycles. The fourth-order valence-electron chi connectivity index (χ4n) is 1.46. The van der Waals surface area contributed by atoms with Gasteiger partial charge < -0.3 is 14.4 Å². The van der Waals surface area contributed by atoms with Crippen LogP contribution >= 0.6 is 0 Å². The lowest BCUT2D eigenvalue weighted by atomic mass is 10.4. The molecule has 0 saturated heterocycles. The molecule has 0 aromatic carbocycles. The number of hydrogen-bond acceptors (Lipinski definition) is 6. The van der Waals surface area contributed by atoms with E-state index in [-0.39, 0.29) is 22.5 Å². The average Bonchev–Trinajstić information content (AvgIpc) is 2.95. The molecule has 0 atom stereocenters. The fourth-order valence-corrected chi connectivity index (χ4v) is 2.49. The maximum absolute atomic E-state index is 12.0. The number of anilines is 1. The summed E-state index contributed by atoms with van der Waals surface area (Å²) in [5.74, 6) is -1.36. The van der Waals surface area contributed by atoms with Crippen molar-refractivity contribution in [3.8, 4) is 6.01 Å². The second-order valence-corrected chi connectivity index (χ2v) is 5.44. The number of nitrogens with zero attached hydrogens (tertiary/aromatic N) is 3. The first kappa shape index (κ1) is 13.9. The minimum absolute atomic E-state index is 0.0259. The highest BCUT2D eigenvalue weighted by atomic mass is 32.2. The van der Waals surface area contributed by atoms with Gasteiger partial charge in [-0.15, -0.1) is 5.10 Å². The van der Waals surface area contributed by atoms with Crippen LogP contribution in [0.1, 0.15) is 10.5 Å². The van der Waals surface area contributed by atoms with E-state index in [2.05, 4.69) is 19.9 Å². The maximum Gasteiger partial charge on any atom is 0.352 e. The van der Waals surface area contributed by atoms with Crippen LogP contribution in [-0.2, 0) is 17.1 Å². The predicted molar refractivity (Wildman–Crippen MR) is 66.1 cm³/mol. The van der Waals surface area contributed by atoms with Crippen molar-refractivity contribution < 1.29 is 23.1 Å². The summed E-state index contributed by atoms with van der Waals surface area (Å²) < 4.78 is 32.1. The Morgan fingerprint density at radius 1 is 1.55 bits per heavy atom. The van der Waals surface area contributed by atoms with E-state index in [1.165, 1.54) is 24.9 Å². The molecule has 10 nitrogen and oxygen atoms in total. The van der Waals surface area contributed by atoms with Crippen LogP contribution in [0.2, 0.25) is 0 Å². The molecule has 0 aliphatic heterocycles. The van der Waals surface area contributed by atoms with Gasteiger partial charge >= 0.3 is 12.0 Å². The molecule has 20 heavy (non-hydrogen) atoms. The highest BCUT2D eigenvalue weighted by molar-refractivity contribution is 7.92. The van der Waals surface area contributed by atoms with Crippen LogP contribution in [0.3, 0.4) is 0 Å². The zero-order valence-electron chi connectivity index (χ0n) is 10.5. The molecule has 2 rings (SSSR count). The van der Waals surface area contributed by atoms with E-state index in [1.54, 1.807) is 0 Å². The van der Waals surface area contributed by atoms with Crippen molar-refractivity contribution >= 4 is 21.9 Å². The van der Waals surface area contributed by atoms with Crippen molar-refractivity contribution in [2.75, 3.05) is 11.8 Å². The molecule has 0 spiro atoms. The molecule has 2 aromatic rings. The predicted octanol–water partition coefficient (Wildman–Crippen LogP) is -0.349. The van der Waals surface area contributed by atoms with Crippen LogP contribution in [-0.4, -0.2) is 46.4 Å². The summed E-state index contributed by atoms with van der Waals surface area (Å²) >= 11 is 0. The van der Waals surface area contributed by atoms with Crippen LogP contribution in [0, 0.1) is 0 Å². The third kappa shape index (κ3) is 2.56. The smallest absolute Gasteiger partial charge is 0.352 e. The summed E-state index contributed by atoms with van der Waals surface area (Å²) in [6.45, 7) is 0. The topological polar surface area (TPSA) is 139 Å². The molecule has 3 N–H and O–H groups in total. The van der Waals surface area contributed by atoms with Crippen molar-refractivity contribution in [2.45, 2.75) is 4.90 Å². The average molecular weight is 301 g/mol. The van der Waals surface area contributed by atoms with E-state index < -0.39 is 16.0 Å². The standard InChI is InChI=1S/C9H11N5O5S/c1-14-4-5(3-6(14)7(15)16)20(17,18)13-8-10-9(19-2)12-11-8/h3-4H,1-2H3,(H,15,16)(H2,10,11,12,13). The number of aromatic carboxylic acids is 1. The summed E-state index contributed by atoms with van der Waals surface area (Å²) in [6, 6.07) is 1.01. The number of H-pyrrole nitrogens is 1. The van der Waals surface area contributed by atoms with Gasteiger partial charge in [0.15, 0.2) is 0 Å². The summed E-state index contributed by atoms with van der Waals surface area (Å²) in [5.41, 5.74) is -0.152. The molecule has 0 radical (unpaired) electrons. The molecule has 0 bridgehead atoms. The molecule has 2 heterocycles. The molecular formula is C9H11N5O5S. The second kappa shape index (κ2) is 4.85. The van der Waals surface area contributed by atoms with E-state index in [1.807, 2.05) is 0 Å². The summed E-state index contributed by atoms with van der Waals surface area (Å²) in [5, 5.41) is 14.8. The zero-order valence-corrected chi connectivity index (χ0v) is 11.3. The van der Waals surface area contributed by atoms with Gasteiger partial charge in [-0.25, -0.2) is 23.0 Å². The Bertz CT molecular complexity index is 747. The minimum Gasteiger partial charge on any atom is -0.477 e. The third-order valence-electron chi connectivity index (χ3n) is 2.39. The molecule has 0 saturated carbocycles. The molecule has 108 valence electrons. The third-order valence-corrected chi connectivity index (χ3v) is 3.69. The Morgan fingerprint density at radius 3 is 2.75 bits per heavy atom. The van der Waals surface area contributed by atoms with E-state index in [9.17, 15) is 13.2 Å². The first-order chi connectivity index (χ1) is 9.33. The Morgan fingerprint density at radius 2 is 2.25 bits per heavy atom. The number of carboxylic acid groups (broad SMARTS) is 1. The van der Waals surface area contributed by atoms with Gasteiger partial charge in [0.2, 0.25) is 5.95 Å². The molecule has 0 fully saturated rings. The number of aromatic amines is 1. The summed E-state index contributed by atoms with van der Waals surface area (Å²) in [6.07, 6.45) is 1.18. The Labute approximate surface area is 113 Å². The lowest BCUT2D eigenvalue weighted by molar-refractivity contribution is 0.0686. The van der Waals surface area contributed by atoms with Crippen molar-refractivity contribution in [2.24, 2.45) is 7.05 Å². The van der Waals surface area contributed by atoms with E-state index in [4.69, 9.17) is 9.84 Å². The first-order valence-electron chi connectivity index (χ1n) is 5.22. The van der Waals surface area contributed by atoms with Gasteiger partial charge in [0.05, 0.1) is 7.11 Å². The van der Waals surface area contributed by atoms with Crippen molar-refractivity contribution in [3.05, 3.63) is 18.0 Å². The number of ether oxygens (including phenoxy) is 1. The Kier molecular flexibility index (Phi) is 3.36. The Balaban J connectivity index is 2.30. The highest BCUT2D eigenvalue weighted by Crippen LogP contribution is 2.17. The molecule has 0 aliphatic rings. The van der Waals surface area contributed by atoms with Crippen molar-refractivity contribution in [1.82, 2.24) is 19.7 Å². The van der Waals surface area contributed by atoms with Gasteiger partial charge in [-0.3, -0.25) is 0 Å². The Hall–Kier alpha value is -2.56. The number of nitrogens with one attached hydrogen (secondary N) is 2. The van der Waals surface area contributed by atoms with Gasteiger partial charge in [0, 0.05) is 13.2 Å². The zero-order chi connectivity index (χ0) is 14.9. The number of carboxylic acids is 1. The number of sulfonamides is 1. The fraction of sp³-hybridized carbons (Fsp3) is 0.222. The molecule has 2 aromatic heterocycles. The number of methoxy groups -OCH3 is 1. The quantitative estimate of drug-likeness (QED) is 0.685. The van der Waals surface area contributed by atoms with Crippen molar-refractivity contribution in [3.63, 3.8) is 0 Å². The van der Waals surface area contributed by atoms with Gasteiger partial charge in [0.1, 0.15) is 10.6 Å². The van der Waals surface area contributed by atoms with Gasteiger partial charge in [-0.2, -0.15) is 4.98 Å². The maximum atomic E-state index is 12.0. The summed E-state index contributed by atoms with van der Waals surface area (Å²) in [7, 11) is -1.21. The largest absolute Gasteiger partial charge is 0.477 e. The molecule has 0 amide bonds. The monoisotopic (exact) mass is 301 g/mol. The van der Waals surface area contributed by atoms with Gasteiger partial charge in [-0.1, -0.05) is 0 Å². The minimum atomic E-state index is -3.97.